The summed E-state index contributed by atoms with van der Waals surface area (Å²) in [6.07, 6.45) is 0.268. The molecule has 2 amide bonds. The number of nitrogens with one attached hydrogen (secondary N) is 3. The molecule has 0 aliphatic carbocycles. The number of hydrogen-bond acceptors (Lipinski definition) is 5. The van der Waals surface area contributed by atoms with E-state index in [1.54, 1.807) is 19.9 Å². The molecule has 29 heavy (non-hydrogen) atoms. The Morgan fingerprint density at radius 2 is 1.76 bits per heavy atom. The quantitative estimate of drug-likeness (QED) is 0.551. The summed E-state index contributed by atoms with van der Waals surface area (Å²) >= 11 is 0. The van der Waals surface area contributed by atoms with Gasteiger partial charge in [0.25, 0.3) is 11.5 Å². The molecule has 3 rings (SSSR count). The summed E-state index contributed by atoms with van der Waals surface area (Å²) in [5.41, 5.74) is 5.41. The summed E-state index contributed by atoms with van der Waals surface area (Å²) < 4.78 is 5.46. The molecule has 2 aromatic carbocycles. The third-order valence-corrected chi connectivity index (χ3v) is 4.37. The van der Waals surface area contributed by atoms with Gasteiger partial charge in [-0.2, -0.15) is 0 Å². The van der Waals surface area contributed by atoms with Gasteiger partial charge in [-0.1, -0.05) is 30.3 Å². The Morgan fingerprint density at radius 3 is 2.52 bits per heavy atom. The minimum atomic E-state index is -0.488. The number of carbonyl (C=O) groups excluding carboxylic acids is 2. The third-order valence-electron chi connectivity index (χ3n) is 4.37. The first-order valence-corrected chi connectivity index (χ1v) is 9.18. The van der Waals surface area contributed by atoms with E-state index in [9.17, 15) is 14.4 Å². The van der Waals surface area contributed by atoms with E-state index in [-0.39, 0.29) is 25.0 Å². The number of aromatic amines is 1. The number of amides is 2. The van der Waals surface area contributed by atoms with Gasteiger partial charge in [-0.05, 0) is 43.2 Å². The monoisotopic (exact) mass is 394 g/mol. The number of carbonyl (C=O) groups is 2. The lowest BCUT2D eigenvalue weighted by Gasteiger charge is -2.10. The molecule has 1 aromatic heterocycles. The number of nitrogens with zero attached hydrogens (tertiary/aromatic N) is 1. The lowest BCUT2D eigenvalue weighted by Crippen LogP contribution is -2.44. The van der Waals surface area contributed by atoms with Gasteiger partial charge in [0.05, 0.1) is 0 Å². The zero-order valence-electron chi connectivity index (χ0n) is 16.2. The van der Waals surface area contributed by atoms with Gasteiger partial charge in [-0.15, -0.1) is 0 Å². The van der Waals surface area contributed by atoms with Crippen LogP contribution in [0.25, 0.3) is 10.8 Å². The Bertz CT molecular complexity index is 1110. The van der Waals surface area contributed by atoms with Crippen molar-refractivity contribution >= 4 is 22.6 Å². The zero-order chi connectivity index (χ0) is 20.8. The van der Waals surface area contributed by atoms with Crippen LogP contribution in [0.4, 0.5) is 0 Å². The van der Waals surface area contributed by atoms with Crippen molar-refractivity contribution in [1.82, 2.24) is 20.8 Å². The van der Waals surface area contributed by atoms with Gasteiger partial charge in [0, 0.05) is 17.7 Å². The molecule has 0 saturated carbocycles. The van der Waals surface area contributed by atoms with Crippen molar-refractivity contribution < 1.29 is 14.3 Å². The van der Waals surface area contributed by atoms with Crippen LogP contribution in [0.1, 0.15) is 23.5 Å². The maximum Gasteiger partial charge on any atom is 0.276 e. The van der Waals surface area contributed by atoms with Crippen LogP contribution < -0.4 is 21.1 Å². The van der Waals surface area contributed by atoms with E-state index < -0.39 is 11.8 Å². The fourth-order valence-corrected chi connectivity index (χ4v) is 2.93. The normalized spacial score (nSPS) is 10.6. The first-order valence-electron chi connectivity index (χ1n) is 9.18. The molecular formula is C21H22N4O4. The van der Waals surface area contributed by atoms with Gasteiger partial charge >= 0.3 is 0 Å². The summed E-state index contributed by atoms with van der Waals surface area (Å²) in [6, 6.07) is 13.4. The Labute approximate surface area is 167 Å². The average Bonchev–Trinajstić information content (AvgIpc) is 2.69. The second kappa shape index (κ2) is 9.01. The molecule has 0 fully saturated rings. The predicted octanol–water partition coefficient (Wildman–Crippen LogP) is 1.70. The number of aryl methyl sites for hydroxylation is 2. The second-order valence-electron chi connectivity index (χ2n) is 6.61. The summed E-state index contributed by atoms with van der Waals surface area (Å²) in [5, 5.41) is 2.09. The van der Waals surface area contributed by atoms with E-state index in [4.69, 9.17) is 4.74 Å². The van der Waals surface area contributed by atoms with Crippen molar-refractivity contribution in [2.75, 3.05) is 6.61 Å². The smallest absolute Gasteiger partial charge is 0.276 e. The lowest BCUT2D eigenvalue weighted by atomic mass is 10.1. The van der Waals surface area contributed by atoms with Crippen LogP contribution in [-0.2, 0) is 16.0 Å². The molecule has 0 atom stereocenters. The van der Waals surface area contributed by atoms with Crippen LogP contribution in [0.5, 0.6) is 5.75 Å². The van der Waals surface area contributed by atoms with E-state index in [0.717, 1.165) is 10.8 Å². The van der Waals surface area contributed by atoms with Gasteiger partial charge in [-0.25, -0.2) is 4.98 Å². The summed E-state index contributed by atoms with van der Waals surface area (Å²) in [5.74, 6) is 0.187. The Kier molecular flexibility index (Phi) is 6.23. The zero-order valence-corrected chi connectivity index (χ0v) is 16.2. The van der Waals surface area contributed by atoms with Crippen LogP contribution in [0, 0.1) is 13.8 Å². The Balaban J connectivity index is 1.44. The lowest BCUT2D eigenvalue weighted by molar-refractivity contribution is -0.130. The molecule has 0 aliphatic heterocycles. The maximum atomic E-state index is 11.9. The molecule has 8 heteroatoms. The molecule has 8 nitrogen and oxygen atoms in total. The van der Waals surface area contributed by atoms with Crippen molar-refractivity contribution in [3.05, 3.63) is 69.9 Å². The van der Waals surface area contributed by atoms with E-state index >= 15 is 0 Å². The SMILES string of the molecule is Cc1nc(C)c(CCC(=O)NNC(=O)COc2ccc3ccccc3c2)c(=O)[nH]1. The van der Waals surface area contributed by atoms with Crippen LogP contribution in [0.3, 0.4) is 0 Å². The number of hydrazine groups is 1. The van der Waals surface area contributed by atoms with Crippen molar-refractivity contribution in [1.29, 1.82) is 0 Å². The third kappa shape index (κ3) is 5.41. The minimum absolute atomic E-state index is 0.0421. The van der Waals surface area contributed by atoms with E-state index in [2.05, 4.69) is 20.8 Å². The van der Waals surface area contributed by atoms with Gasteiger partial charge in [0.2, 0.25) is 5.91 Å². The number of hydrogen-bond donors (Lipinski definition) is 3. The summed E-state index contributed by atoms with van der Waals surface area (Å²) in [6.45, 7) is 3.18. The fraction of sp³-hybridized carbons (Fsp3) is 0.238. The highest BCUT2D eigenvalue weighted by Crippen LogP contribution is 2.20. The van der Waals surface area contributed by atoms with E-state index in [1.807, 2.05) is 36.4 Å². The van der Waals surface area contributed by atoms with Crippen molar-refractivity contribution in [2.45, 2.75) is 26.7 Å². The van der Waals surface area contributed by atoms with Crippen molar-refractivity contribution in [2.24, 2.45) is 0 Å². The van der Waals surface area contributed by atoms with E-state index in [0.29, 0.717) is 22.8 Å². The average molecular weight is 394 g/mol. The highest BCUT2D eigenvalue weighted by atomic mass is 16.5. The van der Waals surface area contributed by atoms with Gasteiger partial charge in [0.1, 0.15) is 11.6 Å². The number of rotatable bonds is 6. The van der Waals surface area contributed by atoms with Crippen LogP contribution in [-0.4, -0.2) is 28.4 Å². The summed E-state index contributed by atoms with van der Waals surface area (Å²) in [4.78, 5) is 42.5. The second-order valence-corrected chi connectivity index (χ2v) is 6.61. The number of H-pyrrole nitrogens is 1. The number of benzene rings is 2. The molecule has 0 bridgehead atoms. The van der Waals surface area contributed by atoms with Crippen molar-refractivity contribution in [3.63, 3.8) is 0 Å². The van der Waals surface area contributed by atoms with Gasteiger partial charge < -0.3 is 9.72 Å². The highest BCUT2D eigenvalue weighted by Gasteiger charge is 2.11. The largest absolute Gasteiger partial charge is 0.484 e. The van der Waals surface area contributed by atoms with Gasteiger partial charge in [-0.3, -0.25) is 25.2 Å². The standard InChI is InChI=1S/C21H22N4O4/c1-13-18(21(28)23-14(2)22-13)9-10-19(26)24-25-20(27)12-29-17-8-7-15-5-3-4-6-16(15)11-17/h3-8,11H,9-10,12H2,1-2H3,(H,24,26)(H,25,27)(H,22,23,28). The molecule has 1 heterocycles. The molecule has 150 valence electrons. The van der Waals surface area contributed by atoms with Crippen LogP contribution in [0.15, 0.2) is 47.3 Å². The molecule has 0 saturated heterocycles. The van der Waals surface area contributed by atoms with Crippen LogP contribution >= 0.6 is 0 Å². The Morgan fingerprint density at radius 1 is 1.03 bits per heavy atom. The van der Waals surface area contributed by atoms with Crippen LogP contribution in [0.2, 0.25) is 0 Å². The highest BCUT2D eigenvalue weighted by molar-refractivity contribution is 5.84. The minimum Gasteiger partial charge on any atom is -0.484 e. The molecule has 3 N–H and O–H groups in total. The molecular weight excluding hydrogens is 372 g/mol. The summed E-state index contributed by atoms with van der Waals surface area (Å²) in [7, 11) is 0. The number of ether oxygens (including phenoxy) is 1. The molecule has 0 spiro atoms. The van der Waals surface area contributed by atoms with E-state index in [1.165, 1.54) is 0 Å². The first-order chi connectivity index (χ1) is 13.9. The number of fused-ring (bicyclic) bond motifs is 1. The number of aromatic nitrogens is 2. The predicted molar refractivity (Wildman–Crippen MR) is 108 cm³/mol. The maximum absolute atomic E-state index is 11.9. The Hall–Kier alpha value is -3.68. The molecule has 0 aliphatic rings. The molecule has 0 unspecified atom stereocenters. The molecule has 0 radical (unpaired) electrons. The topological polar surface area (TPSA) is 113 Å². The van der Waals surface area contributed by atoms with Crippen molar-refractivity contribution in [3.8, 4) is 5.75 Å². The van der Waals surface area contributed by atoms with Gasteiger partial charge in [0.15, 0.2) is 6.61 Å². The first kappa shape index (κ1) is 20.1. The fourth-order valence-electron chi connectivity index (χ4n) is 2.93. The molecule has 3 aromatic rings.